The van der Waals surface area contributed by atoms with Crippen molar-refractivity contribution in [2.45, 2.75) is 232 Å². The predicted molar refractivity (Wildman–Crippen MR) is 242 cm³/mol. The van der Waals surface area contributed by atoms with Crippen LogP contribution in [0.25, 0.3) is 0 Å². The zero-order valence-electron chi connectivity index (χ0n) is 37.7. The summed E-state index contributed by atoms with van der Waals surface area (Å²) in [4.78, 5) is 34.6. The molecule has 0 aliphatic heterocycles. The molecule has 0 saturated heterocycles. The molecule has 0 aromatic rings. The van der Waals surface area contributed by atoms with E-state index in [9.17, 15) is 29.3 Å². The lowest BCUT2D eigenvalue weighted by molar-refractivity contribution is -0.153. The van der Waals surface area contributed by atoms with Gasteiger partial charge in [-0.15, -0.1) is 0 Å². The average molecular weight is 857 g/mol. The number of rotatable bonds is 45. The van der Waals surface area contributed by atoms with Crippen molar-refractivity contribution in [2.75, 3.05) is 26.4 Å². The molecule has 0 amide bonds. The first kappa shape index (κ1) is 57.2. The minimum atomic E-state index is -4.64. The number of carbonyl (C=O) groups is 2. The van der Waals surface area contributed by atoms with Crippen molar-refractivity contribution in [2.24, 2.45) is 0 Å². The maximum Gasteiger partial charge on any atom is 0.472 e. The number of carbonyl (C=O) groups excluding carboxylic acids is 2. The van der Waals surface area contributed by atoms with Crippen LogP contribution in [0.4, 0.5) is 0 Å². The first-order valence-electron chi connectivity index (χ1n) is 23.9. The summed E-state index contributed by atoms with van der Waals surface area (Å²) >= 11 is 0. The minimum Gasteiger partial charge on any atom is -0.457 e. The zero-order valence-corrected chi connectivity index (χ0v) is 38.6. The number of aliphatic hydroxyl groups is 2. The number of allylic oxidation sites excluding steroid dienone is 6. The molecule has 3 unspecified atom stereocenters. The van der Waals surface area contributed by atoms with Crippen molar-refractivity contribution in [3.8, 4) is 0 Å². The Bertz CT molecular complexity index is 1080. The smallest absolute Gasteiger partial charge is 0.457 e. The third-order valence-corrected chi connectivity index (χ3v) is 11.3. The highest BCUT2D eigenvalue weighted by Gasteiger charge is 2.27. The van der Waals surface area contributed by atoms with E-state index in [0.717, 1.165) is 64.2 Å². The Kier molecular flexibility index (Phi) is 42.9. The minimum absolute atomic E-state index is 0.176. The number of esters is 2. The van der Waals surface area contributed by atoms with Crippen LogP contribution in [0.1, 0.15) is 219 Å². The monoisotopic (exact) mass is 857 g/mol. The fourth-order valence-corrected chi connectivity index (χ4v) is 7.39. The molecular formula is C48H89O10P. The largest absolute Gasteiger partial charge is 0.472 e. The van der Waals surface area contributed by atoms with Gasteiger partial charge in [0.05, 0.1) is 26.4 Å². The summed E-state index contributed by atoms with van der Waals surface area (Å²) in [6, 6.07) is 0. The summed E-state index contributed by atoms with van der Waals surface area (Å²) in [7, 11) is -4.64. The van der Waals surface area contributed by atoms with Gasteiger partial charge < -0.3 is 24.6 Å². The molecule has 0 fully saturated rings. The van der Waals surface area contributed by atoms with Crippen molar-refractivity contribution in [1.82, 2.24) is 0 Å². The number of hydrogen-bond donors (Lipinski definition) is 3. The number of ether oxygens (including phenoxy) is 2. The van der Waals surface area contributed by atoms with E-state index in [2.05, 4.69) is 50.3 Å². The summed E-state index contributed by atoms with van der Waals surface area (Å²) in [5, 5.41) is 19.2. The van der Waals surface area contributed by atoms with Crippen LogP contribution < -0.4 is 0 Å². The van der Waals surface area contributed by atoms with E-state index in [1.165, 1.54) is 116 Å². The van der Waals surface area contributed by atoms with Gasteiger partial charge in [-0.1, -0.05) is 172 Å². The molecule has 0 aliphatic rings. The number of phosphoric ester groups is 1. The number of unbranched alkanes of at least 4 members (excludes halogenated alkanes) is 25. The second kappa shape index (κ2) is 44.3. The van der Waals surface area contributed by atoms with Gasteiger partial charge in [0, 0.05) is 12.8 Å². The molecule has 0 bridgehead atoms. The van der Waals surface area contributed by atoms with Crippen LogP contribution in [0.3, 0.4) is 0 Å². The Morgan fingerprint density at radius 1 is 0.458 bits per heavy atom. The Morgan fingerprint density at radius 3 is 1.10 bits per heavy atom. The van der Waals surface area contributed by atoms with Crippen LogP contribution in [-0.4, -0.2) is 65.7 Å². The first-order chi connectivity index (χ1) is 28.8. The third-order valence-electron chi connectivity index (χ3n) is 10.3. The molecule has 3 atom stereocenters. The van der Waals surface area contributed by atoms with Gasteiger partial charge in [0.15, 0.2) is 0 Å². The molecule has 0 rings (SSSR count). The second-order valence-corrected chi connectivity index (χ2v) is 17.5. The lowest BCUT2D eigenvalue weighted by Gasteiger charge is -2.20. The Balaban J connectivity index is 3.87. The molecule has 3 N–H and O–H groups in total. The van der Waals surface area contributed by atoms with Gasteiger partial charge in [0.2, 0.25) is 0 Å². The van der Waals surface area contributed by atoms with E-state index in [4.69, 9.17) is 18.5 Å². The summed E-state index contributed by atoms with van der Waals surface area (Å²) in [6.45, 7) is 2.18. The van der Waals surface area contributed by atoms with E-state index >= 15 is 0 Å². The molecule has 0 saturated carbocycles. The van der Waals surface area contributed by atoms with Crippen molar-refractivity contribution in [1.29, 1.82) is 0 Å². The molecule has 0 heterocycles. The molecule has 59 heavy (non-hydrogen) atoms. The van der Waals surface area contributed by atoms with Gasteiger partial charge >= 0.3 is 19.8 Å². The van der Waals surface area contributed by atoms with Crippen LogP contribution in [0, 0.1) is 0 Å². The van der Waals surface area contributed by atoms with Gasteiger partial charge in [0.25, 0.3) is 0 Å². The summed E-state index contributed by atoms with van der Waals surface area (Å²) < 4.78 is 32.6. The van der Waals surface area contributed by atoms with Gasteiger partial charge in [0.1, 0.15) is 12.2 Å². The number of phosphoric acid groups is 1. The molecule has 0 aliphatic carbocycles. The Hall–Kier alpha value is -1.81. The van der Waals surface area contributed by atoms with Crippen molar-refractivity contribution >= 4 is 19.8 Å². The first-order valence-corrected chi connectivity index (χ1v) is 25.4. The van der Waals surface area contributed by atoms with Gasteiger partial charge in [-0.2, -0.15) is 0 Å². The molecule has 11 heteroatoms. The quantitative estimate of drug-likeness (QED) is 0.0234. The molecule has 0 aromatic carbocycles. The van der Waals surface area contributed by atoms with E-state index in [1.807, 2.05) is 0 Å². The Labute approximate surface area is 361 Å². The van der Waals surface area contributed by atoms with Crippen LogP contribution in [-0.2, 0) is 32.7 Å². The molecule has 0 aromatic heterocycles. The van der Waals surface area contributed by atoms with Crippen LogP contribution in [0.15, 0.2) is 36.5 Å². The summed E-state index contributed by atoms with van der Waals surface area (Å²) in [5.74, 6) is -1.03. The average Bonchev–Trinajstić information content (AvgIpc) is 3.22. The van der Waals surface area contributed by atoms with Crippen molar-refractivity contribution < 1.29 is 47.8 Å². The van der Waals surface area contributed by atoms with E-state index in [0.29, 0.717) is 12.8 Å². The number of hydrogen-bond acceptors (Lipinski definition) is 9. The predicted octanol–water partition coefficient (Wildman–Crippen LogP) is 13.1. The summed E-state index contributed by atoms with van der Waals surface area (Å²) in [6.07, 6.45) is 46.9. The van der Waals surface area contributed by atoms with Crippen molar-refractivity contribution in [3.63, 3.8) is 0 Å². The lowest BCUT2D eigenvalue weighted by atomic mass is 10.1. The highest BCUT2D eigenvalue weighted by atomic mass is 31.2. The Morgan fingerprint density at radius 2 is 0.746 bits per heavy atom. The van der Waals surface area contributed by atoms with Crippen LogP contribution >= 0.6 is 7.82 Å². The standard InChI is InChI=1S/C48H89O10P/c1-3-5-7-9-11-13-15-17-19-20-21-22-23-24-26-28-30-32-34-36-38-40-48(52)58-46(42-50)44-56-59(53,54)55-43-45(41-49)57-47(51)39-37-35-33-31-29-27-25-18-16-14-12-10-8-6-4-2/h12,14,18,20-21,25,45-46,49-50H,3-11,13,15-17,19,22-24,26-44H2,1-2H3,(H,53,54)/b14-12-,21-20-,25-18-. The van der Waals surface area contributed by atoms with E-state index < -0.39 is 58.4 Å². The highest BCUT2D eigenvalue weighted by molar-refractivity contribution is 7.47. The van der Waals surface area contributed by atoms with Crippen LogP contribution in [0.5, 0.6) is 0 Å². The number of aliphatic hydroxyl groups excluding tert-OH is 2. The second-order valence-electron chi connectivity index (χ2n) is 16.1. The molecular weight excluding hydrogens is 767 g/mol. The van der Waals surface area contributed by atoms with E-state index in [1.54, 1.807) is 0 Å². The molecule has 10 nitrogen and oxygen atoms in total. The lowest BCUT2D eigenvalue weighted by Crippen LogP contribution is -2.28. The highest BCUT2D eigenvalue weighted by Crippen LogP contribution is 2.43. The van der Waals surface area contributed by atoms with Gasteiger partial charge in [-0.25, -0.2) is 4.57 Å². The van der Waals surface area contributed by atoms with E-state index in [-0.39, 0.29) is 12.8 Å². The van der Waals surface area contributed by atoms with Gasteiger partial charge in [-0.05, 0) is 70.6 Å². The molecule has 0 radical (unpaired) electrons. The third kappa shape index (κ3) is 42.7. The normalized spacial score (nSPS) is 14.1. The topological polar surface area (TPSA) is 149 Å². The van der Waals surface area contributed by atoms with Crippen molar-refractivity contribution in [3.05, 3.63) is 36.5 Å². The van der Waals surface area contributed by atoms with Crippen LogP contribution in [0.2, 0.25) is 0 Å². The fraction of sp³-hybridized carbons (Fsp3) is 0.833. The SMILES string of the molecule is CCCCC/C=C\C/C=C\CCCCCCCC(=O)OC(CO)COP(=O)(O)OCC(CO)OC(=O)CCCCCCCCCCC/C=C\CCCCCCCCCC. The van der Waals surface area contributed by atoms with Gasteiger partial charge in [-0.3, -0.25) is 18.6 Å². The fourth-order valence-electron chi connectivity index (χ4n) is 6.61. The summed E-state index contributed by atoms with van der Waals surface area (Å²) in [5.41, 5.74) is 0. The maximum atomic E-state index is 12.4. The molecule has 0 spiro atoms. The molecule has 346 valence electrons. The zero-order chi connectivity index (χ0) is 43.3. The maximum absolute atomic E-state index is 12.4.